The maximum absolute atomic E-state index is 13.5. The van der Waals surface area contributed by atoms with Crippen molar-refractivity contribution in [1.29, 1.82) is 0 Å². The molecular weight excluding hydrogens is 446 g/mol. The van der Waals surface area contributed by atoms with Crippen LogP contribution >= 0.6 is 11.6 Å². The molecule has 6 rings (SSSR count). The van der Waals surface area contributed by atoms with Gasteiger partial charge >= 0.3 is 0 Å². The number of aromatic nitrogens is 3. The number of hydrogen-bond donors (Lipinski definition) is 0. The van der Waals surface area contributed by atoms with Gasteiger partial charge in [0.25, 0.3) is 0 Å². The van der Waals surface area contributed by atoms with Gasteiger partial charge in [0.1, 0.15) is 5.58 Å². The SMILES string of the molecule is Cc1ccc(C(=O)c2oc3ccccc3c2-c2ccn3nc(-c4ccc(Cl)cc4)cc3n2)cc1. The molecule has 0 atom stereocenters. The minimum absolute atomic E-state index is 0.178. The van der Waals surface area contributed by atoms with Crippen LogP contribution in [-0.4, -0.2) is 20.4 Å². The Balaban J connectivity index is 1.50. The van der Waals surface area contributed by atoms with E-state index in [-0.39, 0.29) is 11.5 Å². The number of para-hydroxylation sites is 1. The monoisotopic (exact) mass is 463 g/mol. The lowest BCUT2D eigenvalue weighted by atomic mass is 10.0. The van der Waals surface area contributed by atoms with Gasteiger partial charge in [-0.25, -0.2) is 9.50 Å². The van der Waals surface area contributed by atoms with Crippen molar-refractivity contribution in [3.05, 3.63) is 113 Å². The van der Waals surface area contributed by atoms with E-state index in [1.807, 2.05) is 98.0 Å². The molecule has 0 bridgehead atoms. The quantitative estimate of drug-likeness (QED) is 0.264. The summed E-state index contributed by atoms with van der Waals surface area (Å²) in [5.74, 6) is 0.0996. The number of ketones is 1. The van der Waals surface area contributed by atoms with Gasteiger partial charge in [-0.05, 0) is 31.2 Å². The molecule has 3 aromatic carbocycles. The van der Waals surface area contributed by atoms with Crippen molar-refractivity contribution >= 4 is 34.0 Å². The zero-order chi connectivity index (χ0) is 23.2. The summed E-state index contributed by atoms with van der Waals surface area (Å²) < 4.78 is 7.79. The largest absolute Gasteiger partial charge is 0.452 e. The molecule has 3 aromatic heterocycles. The number of furan rings is 1. The molecule has 0 N–H and O–H groups in total. The molecule has 0 unspecified atom stereocenters. The standard InChI is InChI=1S/C28H18ClN3O2/c1-17-6-8-19(9-7-17)27(33)28-26(21-4-2-3-5-24(21)34-28)22-14-15-32-25(30-22)16-23(31-32)18-10-12-20(29)13-11-18/h2-16H,1H3. The van der Waals surface area contributed by atoms with Gasteiger partial charge in [0.05, 0.1) is 17.0 Å². The van der Waals surface area contributed by atoms with Gasteiger partial charge in [-0.1, -0.05) is 71.8 Å². The van der Waals surface area contributed by atoms with Gasteiger partial charge < -0.3 is 4.42 Å². The fourth-order valence-electron chi connectivity index (χ4n) is 4.08. The normalized spacial score (nSPS) is 11.4. The Labute approximate surface area is 200 Å². The van der Waals surface area contributed by atoms with Gasteiger partial charge in [0.2, 0.25) is 5.78 Å². The zero-order valence-corrected chi connectivity index (χ0v) is 19.0. The molecule has 6 heteroatoms. The Hall–Kier alpha value is -4.22. The van der Waals surface area contributed by atoms with E-state index >= 15 is 0 Å². The average molecular weight is 464 g/mol. The summed E-state index contributed by atoms with van der Waals surface area (Å²) in [6, 6.07) is 26.4. The van der Waals surface area contributed by atoms with Crippen molar-refractivity contribution in [3.63, 3.8) is 0 Å². The maximum atomic E-state index is 13.5. The summed E-state index contributed by atoms with van der Waals surface area (Å²) in [6.45, 7) is 1.99. The second-order valence-electron chi connectivity index (χ2n) is 8.15. The third-order valence-corrected chi connectivity index (χ3v) is 6.09. The van der Waals surface area contributed by atoms with Crippen LogP contribution < -0.4 is 0 Å². The highest BCUT2D eigenvalue weighted by Gasteiger charge is 2.24. The van der Waals surface area contributed by atoms with Crippen molar-refractivity contribution in [2.24, 2.45) is 0 Å². The summed E-state index contributed by atoms with van der Waals surface area (Å²) in [7, 11) is 0. The molecule has 0 aliphatic carbocycles. The number of fused-ring (bicyclic) bond motifs is 2. The van der Waals surface area contributed by atoms with E-state index < -0.39 is 0 Å². The van der Waals surface area contributed by atoms with Crippen molar-refractivity contribution < 1.29 is 9.21 Å². The molecule has 0 spiro atoms. The van der Waals surface area contributed by atoms with Crippen LogP contribution in [0.15, 0.2) is 95.5 Å². The summed E-state index contributed by atoms with van der Waals surface area (Å²) in [5.41, 5.74) is 6.03. The van der Waals surface area contributed by atoms with Crippen LogP contribution in [0.1, 0.15) is 21.7 Å². The van der Waals surface area contributed by atoms with Gasteiger partial charge in [-0.2, -0.15) is 5.10 Å². The molecule has 5 nitrogen and oxygen atoms in total. The number of halogens is 1. The van der Waals surface area contributed by atoms with Crippen molar-refractivity contribution in [2.45, 2.75) is 6.92 Å². The number of aryl methyl sites for hydroxylation is 1. The predicted octanol–water partition coefficient (Wildman–Crippen LogP) is 7.00. The number of carbonyl (C=O) groups excluding carboxylic acids is 1. The van der Waals surface area contributed by atoms with Crippen LogP contribution in [0.25, 0.3) is 39.1 Å². The second kappa shape index (κ2) is 7.97. The average Bonchev–Trinajstić information content (AvgIpc) is 3.46. The van der Waals surface area contributed by atoms with Gasteiger partial charge in [0.15, 0.2) is 11.4 Å². The van der Waals surface area contributed by atoms with Crippen LogP contribution in [0.3, 0.4) is 0 Å². The molecule has 6 aromatic rings. The van der Waals surface area contributed by atoms with Gasteiger partial charge in [0, 0.05) is 33.8 Å². The number of benzene rings is 3. The molecule has 34 heavy (non-hydrogen) atoms. The van der Waals surface area contributed by atoms with E-state index in [1.165, 1.54) is 0 Å². The Morgan fingerprint density at radius 3 is 2.47 bits per heavy atom. The Morgan fingerprint density at radius 1 is 0.912 bits per heavy atom. The van der Waals surface area contributed by atoms with E-state index in [0.29, 0.717) is 33.1 Å². The van der Waals surface area contributed by atoms with Crippen LogP contribution in [0, 0.1) is 6.92 Å². The van der Waals surface area contributed by atoms with Crippen molar-refractivity contribution in [1.82, 2.24) is 14.6 Å². The number of nitrogens with zero attached hydrogens (tertiary/aromatic N) is 3. The first-order valence-corrected chi connectivity index (χ1v) is 11.2. The number of hydrogen-bond acceptors (Lipinski definition) is 4. The van der Waals surface area contributed by atoms with Crippen LogP contribution in [0.4, 0.5) is 0 Å². The van der Waals surface area contributed by atoms with E-state index in [0.717, 1.165) is 22.2 Å². The van der Waals surface area contributed by atoms with Gasteiger partial charge in [-0.3, -0.25) is 4.79 Å². The Kier molecular flexibility index (Phi) is 4.78. The minimum atomic E-state index is -0.178. The third kappa shape index (κ3) is 3.47. The predicted molar refractivity (Wildman–Crippen MR) is 133 cm³/mol. The van der Waals surface area contributed by atoms with E-state index in [1.54, 1.807) is 4.52 Å². The first-order chi connectivity index (χ1) is 16.6. The van der Waals surface area contributed by atoms with Crippen LogP contribution in [-0.2, 0) is 0 Å². The van der Waals surface area contributed by atoms with Crippen LogP contribution in [0.2, 0.25) is 5.02 Å². The smallest absolute Gasteiger partial charge is 0.228 e. The Bertz CT molecular complexity index is 1680. The summed E-state index contributed by atoms with van der Waals surface area (Å²) in [6.07, 6.45) is 1.85. The topological polar surface area (TPSA) is 60.4 Å². The summed E-state index contributed by atoms with van der Waals surface area (Å²) in [5, 5.41) is 6.14. The molecule has 0 aliphatic rings. The fraction of sp³-hybridized carbons (Fsp3) is 0.0357. The molecule has 0 saturated carbocycles. The lowest BCUT2D eigenvalue weighted by molar-refractivity contribution is 0.101. The zero-order valence-electron chi connectivity index (χ0n) is 18.2. The highest BCUT2D eigenvalue weighted by atomic mass is 35.5. The highest BCUT2D eigenvalue weighted by Crippen LogP contribution is 2.35. The summed E-state index contributed by atoms with van der Waals surface area (Å²) in [4.78, 5) is 18.3. The molecule has 164 valence electrons. The van der Waals surface area contributed by atoms with Gasteiger partial charge in [-0.15, -0.1) is 0 Å². The first-order valence-electron chi connectivity index (χ1n) is 10.8. The molecule has 0 saturated heterocycles. The molecule has 0 radical (unpaired) electrons. The lowest BCUT2D eigenvalue weighted by Crippen LogP contribution is -2.02. The fourth-order valence-corrected chi connectivity index (χ4v) is 4.20. The van der Waals surface area contributed by atoms with E-state index in [2.05, 4.69) is 5.10 Å². The van der Waals surface area contributed by atoms with E-state index in [4.69, 9.17) is 21.0 Å². The molecule has 0 amide bonds. The van der Waals surface area contributed by atoms with Crippen LogP contribution in [0.5, 0.6) is 0 Å². The highest BCUT2D eigenvalue weighted by molar-refractivity contribution is 6.30. The number of rotatable bonds is 4. The third-order valence-electron chi connectivity index (χ3n) is 5.84. The molecule has 0 aliphatic heterocycles. The second-order valence-corrected chi connectivity index (χ2v) is 8.59. The van der Waals surface area contributed by atoms with Crippen molar-refractivity contribution in [3.8, 4) is 22.5 Å². The molecule has 3 heterocycles. The van der Waals surface area contributed by atoms with E-state index in [9.17, 15) is 4.79 Å². The van der Waals surface area contributed by atoms with Crippen molar-refractivity contribution in [2.75, 3.05) is 0 Å². The minimum Gasteiger partial charge on any atom is -0.452 e. The first kappa shape index (κ1) is 20.4. The molecule has 0 fully saturated rings. The number of carbonyl (C=O) groups is 1. The lowest BCUT2D eigenvalue weighted by Gasteiger charge is -2.04. The molecular formula is C28H18ClN3O2. The Morgan fingerprint density at radius 2 is 1.68 bits per heavy atom. The maximum Gasteiger partial charge on any atom is 0.228 e. The summed E-state index contributed by atoms with van der Waals surface area (Å²) >= 11 is 6.02.